The maximum Gasteiger partial charge on any atom is 0.269 e. The number of carbonyl (C=O) groups excluding carboxylic acids is 2. The zero-order valence-electron chi connectivity index (χ0n) is 16.9. The highest BCUT2D eigenvalue weighted by Gasteiger charge is 2.26. The lowest BCUT2D eigenvalue weighted by Crippen LogP contribution is -2.51. The quantitative estimate of drug-likeness (QED) is 0.644. The molecule has 0 radical (unpaired) electrons. The molecule has 29 heavy (non-hydrogen) atoms. The molecule has 7 nitrogen and oxygen atoms in total. The van der Waals surface area contributed by atoms with E-state index >= 15 is 0 Å². The van der Waals surface area contributed by atoms with Crippen molar-refractivity contribution < 1.29 is 22.4 Å². The fraction of sp³-hybridized carbons (Fsp3) is 0.300. The van der Waals surface area contributed by atoms with E-state index in [1.165, 1.54) is 19.1 Å². The summed E-state index contributed by atoms with van der Waals surface area (Å²) in [5.74, 6) is -1.90. The van der Waals surface area contributed by atoms with Gasteiger partial charge in [-0.25, -0.2) is 12.8 Å². The van der Waals surface area contributed by atoms with Gasteiger partial charge in [0.05, 0.1) is 10.9 Å². The normalized spacial score (nSPS) is 12.3. The van der Waals surface area contributed by atoms with E-state index in [9.17, 15) is 22.4 Å². The molecule has 156 valence electrons. The summed E-state index contributed by atoms with van der Waals surface area (Å²) in [6.45, 7) is 8.43. The third-order valence-electron chi connectivity index (χ3n) is 4.70. The molecule has 0 aliphatic rings. The van der Waals surface area contributed by atoms with Crippen molar-refractivity contribution in [2.24, 2.45) is 0 Å². The minimum absolute atomic E-state index is 0.140. The Balaban J connectivity index is 2.09. The molecule has 0 saturated carbocycles. The predicted molar refractivity (Wildman–Crippen MR) is 107 cm³/mol. The lowest BCUT2D eigenvalue weighted by Gasteiger charge is -2.19. The Morgan fingerprint density at radius 1 is 0.931 bits per heavy atom. The number of hydrogen-bond donors (Lipinski definition) is 3. The van der Waals surface area contributed by atoms with Crippen molar-refractivity contribution in [2.45, 2.75) is 45.6 Å². The van der Waals surface area contributed by atoms with Crippen LogP contribution in [0.1, 0.15) is 39.5 Å². The molecular weight excluding hydrogens is 397 g/mol. The van der Waals surface area contributed by atoms with Gasteiger partial charge >= 0.3 is 0 Å². The van der Waals surface area contributed by atoms with E-state index in [2.05, 4.69) is 15.6 Å². The number of aryl methyl sites for hydroxylation is 2. The number of benzene rings is 2. The maximum absolute atomic E-state index is 12.9. The highest BCUT2D eigenvalue weighted by Crippen LogP contribution is 2.26. The summed E-state index contributed by atoms with van der Waals surface area (Å²) >= 11 is 0. The number of carbonyl (C=O) groups is 2. The zero-order valence-corrected chi connectivity index (χ0v) is 17.7. The summed E-state index contributed by atoms with van der Waals surface area (Å²) in [7, 11) is -3.97. The van der Waals surface area contributed by atoms with Gasteiger partial charge in [-0.2, -0.15) is 4.72 Å². The third kappa shape index (κ3) is 5.18. The summed E-state index contributed by atoms with van der Waals surface area (Å²) in [6.07, 6.45) is 0. The first kappa shape index (κ1) is 22.5. The van der Waals surface area contributed by atoms with Crippen LogP contribution in [0.4, 0.5) is 4.39 Å². The number of hydrogen-bond acceptors (Lipinski definition) is 4. The number of hydrazine groups is 1. The molecule has 0 fully saturated rings. The monoisotopic (exact) mass is 421 g/mol. The maximum atomic E-state index is 12.9. The molecule has 0 bridgehead atoms. The Hall–Kier alpha value is -2.78. The van der Waals surface area contributed by atoms with E-state index in [0.29, 0.717) is 11.1 Å². The Kier molecular flexibility index (Phi) is 6.76. The molecule has 3 N–H and O–H groups in total. The molecule has 9 heteroatoms. The van der Waals surface area contributed by atoms with Crippen molar-refractivity contribution in [3.63, 3.8) is 0 Å². The second kappa shape index (κ2) is 8.71. The summed E-state index contributed by atoms with van der Waals surface area (Å²) in [5.41, 5.74) is 7.35. The first-order valence-corrected chi connectivity index (χ1v) is 10.4. The largest absolute Gasteiger partial charge is 0.271 e. The van der Waals surface area contributed by atoms with E-state index in [-0.39, 0.29) is 10.5 Å². The Morgan fingerprint density at radius 2 is 1.45 bits per heavy atom. The van der Waals surface area contributed by atoms with Crippen LogP contribution in [0.25, 0.3) is 0 Å². The minimum Gasteiger partial charge on any atom is -0.271 e. The van der Waals surface area contributed by atoms with Gasteiger partial charge in [0.15, 0.2) is 0 Å². The Bertz CT molecular complexity index is 1020. The van der Waals surface area contributed by atoms with Crippen LogP contribution in [-0.4, -0.2) is 26.3 Å². The van der Waals surface area contributed by atoms with Crippen LogP contribution < -0.4 is 15.6 Å². The van der Waals surface area contributed by atoms with Gasteiger partial charge in [0.25, 0.3) is 11.8 Å². The minimum atomic E-state index is -3.97. The molecule has 2 aromatic rings. The molecule has 2 amide bonds. The van der Waals surface area contributed by atoms with Crippen LogP contribution in [-0.2, 0) is 14.8 Å². The van der Waals surface area contributed by atoms with Gasteiger partial charge in [0.2, 0.25) is 10.0 Å². The third-order valence-corrected chi connectivity index (χ3v) is 6.51. The lowest BCUT2D eigenvalue weighted by atomic mass is 10.0. The van der Waals surface area contributed by atoms with Crippen molar-refractivity contribution in [2.75, 3.05) is 0 Å². The van der Waals surface area contributed by atoms with Crippen molar-refractivity contribution in [1.82, 2.24) is 15.6 Å². The van der Waals surface area contributed by atoms with Crippen LogP contribution in [0, 0.1) is 33.5 Å². The van der Waals surface area contributed by atoms with Crippen LogP contribution in [0.2, 0.25) is 0 Å². The van der Waals surface area contributed by atoms with Gasteiger partial charge in [0, 0.05) is 5.56 Å². The van der Waals surface area contributed by atoms with Crippen LogP contribution in [0.3, 0.4) is 0 Å². The number of rotatable bonds is 5. The first-order valence-electron chi connectivity index (χ1n) is 8.89. The van der Waals surface area contributed by atoms with E-state index in [4.69, 9.17) is 0 Å². The number of nitrogens with one attached hydrogen (secondary N) is 3. The average molecular weight is 421 g/mol. The highest BCUT2D eigenvalue weighted by atomic mass is 32.2. The fourth-order valence-corrected chi connectivity index (χ4v) is 4.65. The second-order valence-electron chi connectivity index (χ2n) is 6.88. The van der Waals surface area contributed by atoms with Crippen molar-refractivity contribution in [3.8, 4) is 0 Å². The molecule has 0 heterocycles. The van der Waals surface area contributed by atoms with Gasteiger partial charge in [0.1, 0.15) is 5.82 Å². The van der Waals surface area contributed by atoms with Gasteiger partial charge in [-0.15, -0.1) is 0 Å². The SMILES string of the molecule is Cc1cc(C)c(C)c(S(=O)(=O)N[C@@H](C)C(=O)NNC(=O)c2ccc(F)cc2)c1C. The number of halogens is 1. The lowest BCUT2D eigenvalue weighted by molar-refractivity contribution is -0.123. The summed E-state index contributed by atoms with van der Waals surface area (Å²) in [4.78, 5) is 24.3. The predicted octanol–water partition coefficient (Wildman–Crippen LogP) is 2.19. The molecule has 2 aromatic carbocycles. The molecule has 0 saturated heterocycles. The molecule has 0 aromatic heterocycles. The Morgan fingerprint density at radius 3 is 1.97 bits per heavy atom. The van der Waals surface area contributed by atoms with Crippen molar-refractivity contribution in [3.05, 3.63) is 64.0 Å². The van der Waals surface area contributed by atoms with E-state index in [1.807, 2.05) is 19.9 Å². The van der Waals surface area contributed by atoms with Crippen LogP contribution >= 0.6 is 0 Å². The molecule has 0 aliphatic carbocycles. The second-order valence-corrected chi connectivity index (χ2v) is 8.53. The standard InChI is InChI=1S/C20H24FN3O4S/c1-11-10-12(2)14(4)18(13(11)3)29(27,28)24-15(5)19(25)22-23-20(26)16-6-8-17(21)9-7-16/h6-10,15,24H,1-5H3,(H,22,25)(H,23,26)/t15-/m0/s1. The van der Waals surface area contributed by atoms with Crippen molar-refractivity contribution in [1.29, 1.82) is 0 Å². The van der Waals surface area contributed by atoms with Gasteiger partial charge in [-0.05, 0) is 81.1 Å². The topological polar surface area (TPSA) is 104 Å². The van der Waals surface area contributed by atoms with Gasteiger partial charge in [-0.1, -0.05) is 6.07 Å². The summed E-state index contributed by atoms with van der Waals surface area (Å²) in [6, 6.07) is 5.51. The van der Waals surface area contributed by atoms with E-state index in [0.717, 1.165) is 23.3 Å². The van der Waals surface area contributed by atoms with Crippen LogP contribution in [0.5, 0.6) is 0 Å². The summed E-state index contributed by atoms with van der Waals surface area (Å²) < 4.78 is 41.0. The van der Waals surface area contributed by atoms with E-state index in [1.54, 1.807) is 13.8 Å². The highest BCUT2D eigenvalue weighted by molar-refractivity contribution is 7.89. The Labute approximate surface area is 169 Å². The van der Waals surface area contributed by atoms with Gasteiger partial charge in [-0.3, -0.25) is 20.4 Å². The number of amides is 2. The molecule has 0 aliphatic heterocycles. The first-order chi connectivity index (χ1) is 13.4. The van der Waals surface area contributed by atoms with E-state index < -0.39 is 33.7 Å². The molecular formula is C20H24FN3O4S. The summed E-state index contributed by atoms with van der Waals surface area (Å²) in [5, 5.41) is 0. The van der Waals surface area contributed by atoms with Crippen molar-refractivity contribution >= 4 is 21.8 Å². The zero-order chi connectivity index (χ0) is 21.9. The smallest absolute Gasteiger partial charge is 0.269 e. The fourth-order valence-electron chi connectivity index (χ4n) is 2.83. The average Bonchev–Trinajstić information content (AvgIpc) is 2.64. The number of sulfonamides is 1. The van der Waals surface area contributed by atoms with Crippen LogP contribution in [0.15, 0.2) is 35.2 Å². The molecule has 0 spiro atoms. The molecule has 1 atom stereocenters. The van der Waals surface area contributed by atoms with Gasteiger partial charge < -0.3 is 0 Å². The molecule has 2 rings (SSSR count). The molecule has 0 unspecified atom stereocenters.